The van der Waals surface area contributed by atoms with Crippen molar-refractivity contribution in [3.63, 3.8) is 0 Å². The Hall–Kier alpha value is -0.150. The minimum Gasteiger partial charge on any atom is -0.227 e. The maximum Gasteiger partial charge on any atom is 0.262 e. The first kappa shape index (κ1) is 15.9. The molecule has 0 radical (unpaired) electrons. The molecule has 1 atom stereocenters. The van der Waals surface area contributed by atoms with E-state index in [2.05, 4.69) is 0 Å². The lowest BCUT2D eigenvalue weighted by Crippen LogP contribution is -2.39. The van der Waals surface area contributed by atoms with Crippen LogP contribution in [0.3, 0.4) is 0 Å². The predicted molar refractivity (Wildman–Crippen MR) is 62.2 cm³/mol. The summed E-state index contributed by atoms with van der Waals surface area (Å²) in [6.45, 7) is 2.75. The Morgan fingerprint density at radius 1 is 0.875 bits per heavy atom. The molecular weight excluding hydrogens is 276 g/mol. The van der Waals surface area contributed by atoms with Crippen molar-refractivity contribution in [3.8, 4) is 0 Å². The average molecular weight is 292 g/mol. The van der Waals surface area contributed by atoms with Gasteiger partial charge >= 0.3 is 0 Å². The van der Waals surface area contributed by atoms with Gasteiger partial charge in [-0.05, 0) is 6.42 Å². The van der Waals surface area contributed by atoms with Gasteiger partial charge in [-0.15, -0.1) is 0 Å². The van der Waals surface area contributed by atoms with Crippen molar-refractivity contribution in [2.24, 2.45) is 0 Å². The second-order valence-corrected chi connectivity index (χ2v) is 11.0. The summed E-state index contributed by atoms with van der Waals surface area (Å²) in [7, 11) is -12.5. The lowest BCUT2D eigenvalue weighted by atomic mass is 10.6. The van der Waals surface area contributed by atoms with Crippen LogP contribution in [-0.4, -0.2) is 46.9 Å². The molecule has 1 unspecified atom stereocenters. The Balaban J connectivity index is 5.86. The second kappa shape index (κ2) is 5.01. The summed E-state index contributed by atoms with van der Waals surface area (Å²) >= 11 is 0. The van der Waals surface area contributed by atoms with E-state index >= 15 is 0 Å². The summed E-state index contributed by atoms with van der Waals surface area (Å²) in [6, 6.07) is 0. The minimum atomic E-state index is -4.19. The lowest BCUT2D eigenvalue weighted by molar-refractivity contribution is 0.575. The van der Waals surface area contributed by atoms with E-state index in [4.69, 9.17) is 0 Å². The molecule has 0 aliphatic heterocycles. The van der Waals surface area contributed by atoms with E-state index < -0.39 is 44.9 Å². The highest BCUT2D eigenvalue weighted by atomic mass is 32.3. The molecule has 0 bridgehead atoms. The number of rotatable bonds is 6. The Morgan fingerprint density at radius 2 is 1.31 bits per heavy atom. The first-order chi connectivity index (χ1) is 6.99. The third kappa shape index (κ3) is 3.70. The molecule has 0 aliphatic rings. The summed E-state index contributed by atoms with van der Waals surface area (Å²) in [6.07, 6.45) is 0.797. The molecule has 0 saturated carbocycles. The van der Waals surface area contributed by atoms with Crippen molar-refractivity contribution in [2.45, 2.75) is 24.2 Å². The monoisotopic (exact) mass is 292 g/mol. The molecule has 98 valence electrons. The van der Waals surface area contributed by atoms with Gasteiger partial charge in [-0.2, -0.15) is 0 Å². The van der Waals surface area contributed by atoms with Gasteiger partial charge in [0.15, 0.2) is 29.5 Å². The van der Waals surface area contributed by atoms with Gasteiger partial charge in [0.1, 0.15) is 0 Å². The van der Waals surface area contributed by atoms with Crippen LogP contribution < -0.4 is 0 Å². The third-order valence-corrected chi connectivity index (χ3v) is 11.1. The normalized spacial score (nSPS) is 15.9. The van der Waals surface area contributed by atoms with Crippen LogP contribution in [0, 0.1) is 0 Å². The van der Waals surface area contributed by atoms with Gasteiger partial charge in [-0.25, -0.2) is 25.3 Å². The summed E-state index contributed by atoms with van der Waals surface area (Å²) in [5.74, 6) is -0.975. The molecule has 0 amide bonds. The zero-order valence-electron chi connectivity index (χ0n) is 9.37. The van der Waals surface area contributed by atoms with Crippen LogP contribution in [-0.2, 0) is 29.5 Å². The quantitative estimate of drug-likeness (QED) is 0.658. The van der Waals surface area contributed by atoms with Crippen LogP contribution in [0.15, 0.2) is 0 Å². The highest BCUT2D eigenvalue weighted by Gasteiger charge is 2.44. The standard InChI is InChI=1S/C7H16O6S3/c1-4-6-16(12,13)7(14(3,8)9)15(10,11)5-2/h7H,4-6H2,1-3H3. The van der Waals surface area contributed by atoms with E-state index in [9.17, 15) is 25.3 Å². The minimum absolute atomic E-state index is 0.174. The molecule has 0 aromatic carbocycles. The fraction of sp³-hybridized carbons (Fsp3) is 1.00. The van der Waals surface area contributed by atoms with E-state index in [1.807, 2.05) is 0 Å². The largest absolute Gasteiger partial charge is 0.262 e. The molecule has 0 rings (SSSR count). The van der Waals surface area contributed by atoms with E-state index in [0.717, 1.165) is 0 Å². The molecule has 0 spiro atoms. The fourth-order valence-electron chi connectivity index (χ4n) is 1.27. The molecule has 0 fully saturated rings. The van der Waals surface area contributed by atoms with Crippen molar-refractivity contribution < 1.29 is 25.3 Å². The molecule has 9 heteroatoms. The fourth-order valence-corrected chi connectivity index (χ4v) is 9.75. The van der Waals surface area contributed by atoms with E-state index in [1.165, 1.54) is 13.8 Å². The van der Waals surface area contributed by atoms with Crippen molar-refractivity contribution in [3.05, 3.63) is 0 Å². The highest BCUT2D eigenvalue weighted by molar-refractivity contribution is 8.24. The van der Waals surface area contributed by atoms with Crippen molar-refractivity contribution >= 4 is 29.5 Å². The molecular formula is C7H16O6S3. The molecule has 6 nitrogen and oxygen atoms in total. The van der Waals surface area contributed by atoms with Crippen LogP contribution in [0.1, 0.15) is 20.3 Å². The summed E-state index contributed by atoms with van der Waals surface area (Å²) in [4.78, 5) is 0. The number of sulfone groups is 3. The van der Waals surface area contributed by atoms with Gasteiger partial charge in [0, 0.05) is 12.0 Å². The van der Waals surface area contributed by atoms with Crippen molar-refractivity contribution in [2.75, 3.05) is 17.8 Å². The Labute approximate surface area is 96.8 Å². The van der Waals surface area contributed by atoms with Gasteiger partial charge < -0.3 is 0 Å². The Bertz CT molecular complexity index is 525. The van der Waals surface area contributed by atoms with Crippen LogP contribution in [0.4, 0.5) is 0 Å². The summed E-state index contributed by atoms with van der Waals surface area (Å²) in [5, 5.41) is 0. The predicted octanol–water partition coefficient (Wildman–Crippen LogP) is -0.426. The van der Waals surface area contributed by atoms with Gasteiger partial charge in [0.25, 0.3) is 3.91 Å². The lowest BCUT2D eigenvalue weighted by Gasteiger charge is -2.14. The van der Waals surface area contributed by atoms with E-state index in [1.54, 1.807) is 0 Å². The molecule has 0 aliphatic carbocycles. The summed E-state index contributed by atoms with van der Waals surface area (Å²) in [5.41, 5.74) is 0. The van der Waals surface area contributed by atoms with Gasteiger partial charge in [-0.3, -0.25) is 0 Å². The first-order valence-corrected chi connectivity index (χ1v) is 9.99. The Kier molecular flexibility index (Phi) is 4.96. The molecule has 16 heavy (non-hydrogen) atoms. The topological polar surface area (TPSA) is 102 Å². The Morgan fingerprint density at radius 3 is 1.56 bits per heavy atom. The van der Waals surface area contributed by atoms with E-state index in [0.29, 0.717) is 6.26 Å². The zero-order valence-corrected chi connectivity index (χ0v) is 11.8. The molecule has 0 aromatic heterocycles. The number of hydrogen-bond acceptors (Lipinski definition) is 6. The molecule has 0 heterocycles. The summed E-state index contributed by atoms with van der Waals surface area (Å²) < 4.78 is 66.5. The van der Waals surface area contributed by atoms with E-state index in [-0.39, 0.29) is 6.42 Å². The SMILES string of the molecule is CCCS(=O)(=O)C(S(C)(=O)=O)S(=O)(=O)CC. The van der Waals surface area contributed by atoms with Crippen LogP contribution in [0.5, 0.6) is 0 Å². The zero-order chi connectivity index (χ0) is 13.2. The van der Waals surface area contributed by atoms with Crippen LogP contribution >= 0.6 is 0 Å². The number of hydrogen-bond donors (Lipinski definition) is 0. The maximum absolute atomic E-state index is 11.6. The maximum atomic E-state index is 11.6. The third-order valence-electron chi connectivity index (χ3n) is 1.83. The molecule has 0 saturated heterocycles. The smallest absolute Gasteiger partial charge is 0.227 e. The second-order valence-electron chi connectivity index (χ2n) is 3.44. The molecule has 0 N–H and O–H groups in total. The van der Waals surface area contributed by atoms with Crippen molar-refractivity contribution in [1.82, 2.24) is 0 Å². The van der Waals surface area contributed by atoms with Crippen LogP contribution in [0.2, 0.25) is 0 Å². The van der Waals surface area contributed by atoms with Crippen molar-refractivity contribution in [1.29, 1.82) is 0 Å². The van der Waals surface area contributed by atoms with Gasteiger partial charge in [-0.1, -0.05) is 13.8 Å². The first-order valence-electron chi connectivity index (χ1n) is 4.61. The molecule has 0 aromatic rings. The van der Waals surface area contributed by atoms with Crippen LogP contribution in [0.25, 0.3) is 0 Å². The van der Waals surface area contributed by atoms with Gasteiger partial charge in [0.05, 0.1) is 5.75 Å². The average Bonchev–Trinajstić information content (AvgIpc) is 1.99. The van der Waals surface area contributed by atoms with Gasteiger partial charge in [0.2, 0.25) is 0 Å². The highest BCUT2D eigenvalue weighted by Crippen LogP contribution is 2.18.